The van der Waals surface area contributed by atoms with Crippen molar-refractivity contribution < 1.29 is 9.53 Å². The van der Waals surface area contributed by atoms with Gasteiger partial charge in [0, 0.05) is 17.4 Å². The molecule has 0 bridgehead atoms. The van der Waals surface area contributed by atoms with Crippen LogP contribution in [0.5, 0.6) is 0 Å². The van der Waals surface area contributed by atoms with Gasteiger partial charge >= 0.3 is 5.97 Å². The minimum absolute atomic E-state index is 0.263. The number of rotatable bonds is 5. The van der Waals surface area contributed by atoms with Crippen LogP contribution < -0.4 is 5.56 Å². The average molecular weight is 441 g/mol. The molecular weight excluding hydrogens is 424 g/mol. The number of hydrogen-bond donors (Lipinski definition) is 1. The molecule has 0 amide bonds. The highest BCUT2D eigenvalue weighted by molar-refractivity contribution is 7.98. The Morgan fingerprint density at radius 3 is 2.93 bits per heavy atom. The van der Waals surface area contributed by atoms with E-state index in [1.165, 1.54) is 18.9 Å². The summed E-state index contributed by atoms with van der Waals surface area (Å²) in [5, 5.41) is 1.83. The zero-order valence-electron chi connectivity index (χ0n) is 16.2. The van der Waals surface area contributed by atoms with Crippen molar-refractivity contribution in [3.8, 4) is 5.69 Å². The summed E-state index contributed by atoms with van der Waals surface area (Å²) in [5.74, 6) is 0.398. The van der Waals surface area contributed by atoms with Crippen LogP contribution in [-0.4, -0.2) is 32.6 Å². The SMILES string of the molecule is COC(=O)c1ccc2c(=O)[nH]c(CSc3nccn3-c3cccc(Cl)c3C)nc2c1. The smallest absolute Gasteiger partial charge is 0.337 e. The number of esters is 1. The first-order chi connectivity index (χ1) is 14.5. The van der Waals surface area contributed by atoms with Crippen molar-refractivity contribution in [2.45, 2.75) is 17.8 Å². The van der Waals surface area contributed by atoms with E-state index in [4.69, 9.17) is 16.3 Å². The van der Waals surface area contributed by atoms with Crippen LogP contribution in [0, 0.1) is 6.92 Å². The first-order valence-corrected chi connectivity index (χ1v) is 10.4. The average Bonchev–Trinajstić information content (AvgIpc) is 3.21. The van der Waals surface area contributed by atoms with Gasteiger partial charge in [0.1, 0.15) is 5.82 Å². The lowest BCUT2D eigenvalue weighted by Gasteiger charge is -2.11. The van der Waals surface area contributed by atoms with Gasteiger partial charge in [0.25, 0.3) is 5.56 Å². The topological polar surface area (TPSA) is 89.9 Å². The Labute approximate surface area is 181 Å². The highest BCUT2D eigenvalue weighted by Crippen LogP contribution is 2.27. The highest BCUT2D eigenvalue weighted by atomic mass is 35.5. The summed E-state index contributed by atoms with van der Waals surface area (Å²) in [6.45, 7) is 1.95. The summed E-state index contributed by atoms with van der Waals surface area (Å²) in [6.07, 6.45) is 3.57. The second-order valence-corrected chi connectivity index (χ2v) is 7.84. The molecule has 0 aliphatic carbocycles. The number of methoxy groups -OCH3 is 1. The van der Waals surface area contributed by atoms with Gasteiger partial charge in [-0.15, -0.1) is 0 Å². The number of aromatic nitrogens is 4. The summed E-state index contributed by atoms with van der Waals surface area (Å²) in [5.41, 5.74) is 2.40. The van der Waals surface area contributed by atoms with Crippen molar-refractivity contribution >= 4 is 40.2 Å². The number of hydrogen-bond acceptors (Lipinski definition) is 6. The molecule has 0 spiro atoms. The molecule has 0 atom stereocenters. The molecule has 4 aromatic rings. The Hall–Kier alpha value is -3.10. The predicted octanol–water partition coefficient (Wildman–Crippen LogP) is 4.15. The van der Waals surface area contributed by atoms with Crippen molar-refractivity contribution in [3.05, 3.63) is 81.1 Å². The molecule has 30 heavy (non-hydrogen) atoms. The summed E-state index contributed by atoms with van der Waals surface area (Å²) in [6, 6.07) is 10.4. The molecule has 0 radical (unpaired) electrons. The fraction of sp³-hybridized carbons (Fsp3) is 0.143. The minimum atomic E-state index is -0.478. The monoisotopic (exact) mass is 440 g/mol. The van der Waals surface area contributed by atoms with Crippen molar-refractivity contribution in [2.75, 3.05) is 7.11 Å². The summed E-state index contributed by atoms with van der Waals surface area (Å²) >= 11 is 7.68. The predicted molar refractivity (Wildman–Crippen MR) is 117 cm³/mol. The van der Waals surface area contributed by atoms with Gasteiger partial charge in [-0.25, -0.2) is 14.8 Å². The third-order valence-electron chi connectivity index (χ3n) is 4.62. The van der Waals surface area contributed by atoms with E-state index in [-0.39, 0.29) is 5.56 Å². The van der Waals surface area contributed by atoms with Crippen LogP contribution in [0.2, 0.25) is 5.02 Å². The molecule has 7 nitrogen and oxygen atoms in total. The molecule has 1 N–H and O–H groups in total. The lowest BCUT2D eigenvalue weighted by molar-refractivity contribution is 0.0601. The molecule has 152 valence electrons. The maximum absolute atomic E-state index is 12.4. The van der Waals surface area contributed by atoms with Gasteiger partial charge in [-0.1, -0.05) is 29.4 Å². The zero-order valence-corrected chi connectivity index (χ0v) is 17.8. The normalized spacial score (nSPS) is 11.0. The van der Waals surface area contributed by atoms with Crippen LogP contribution >= 0.6 is 23.4 Å². The van der Waals surface area contributed by atoms with Crippen molar-refractivity contribution in [1.82, 2.24) is 19.5 Å². The molecule has 0 saturated heterocycles. The lowest BCUT2D eigenvalue weighted by Crippen LogP contribution is -2.12. The summed E-state index contributed by atoms with van der Waals surface area (Å²) in [4.78, 5) is 35.9. The highest BCUT2D eigenvalue weighted by Gasteiger charge is 2.13. The number of ether oxygens (including phenoxy) is 1. The molecular formula is C21H17ClN4O3S. The van der Waals surface area contributed by atoms with Crippen LogP contribution in [0.15, 0.2) is 58.7 Å². The van der Waals surface area contributed by atoms with Gasteiger partial charge < -0.3 is 9.72 Å². The van der Waals surface area contributed by atoms with Gasteiger partial charge in [-0.2, -0.15) is 0 Å². The fourth-order valence-electron chi connectivity index (χ4n) is 3.07. The van der Waals surface area contributed by atoms with Gasteiger partial charge in [0.05, 0.1) is 35.0 Å². The van der Waals surface area contributed by atoms with Crippen LogP contribution in [0.4, 0.5) is 0 Å². The van der Waals surface area contributed by atoms with Crippen molar-refractivity contribution in [2.24, 2.45) is 0 Å². The van der Waals surface area contributed by atoms with Gasteiger partial charge in [-0.3, -0.25) is 9.36 Å². The van der Waals surface area contributed by atoms with E-state index in [1.54, 1.807) is 24.4 Å². The first-order valence-electron chi connectivity index (χ1n) is 9.01. The molecule has 0 fully saturated rings. The van der Waals surface area contributed by atoms with E-state index >= 15 is 0 Å². The van der Waals surface area contributed by atoms with Gasteiger partial charge in [-0.05, 0) is 42.8 Å². The lowest BCUT2D eigenvalue weighted by atomic mass is 10.1. The third-order valence-corrected chi connectivity index (χ3v) is 6.01. The van der Waals surface area contributed by atoms with Crippen molar-refractivity contribution in [1.29, 1.82) is 0 Å². The van der Waals surface area contributed by atoms with Crippen LogP contribution in [-0.2, 0) is 10.5 Å². The van der Waals surface area contributed by atoms with E-state index in [9.17, 15) is 9.59 Å². The minimum Gasteiger partial charge on any atom is -0.465 e. The summed E-state index contributed by atoms with van der Waals surface area (Å²) < 4.78 is 6.68. The number of benzene rings is 2. The Kier molecular flexibility index (Phi) is 5.61. The van der Waals surface area contributed by atoms with Crippen LogP contribution in [0.1, 0.15) is 21.7 Å². The number of fused-ring (bicyclic) bond motifs is 1. The Balaban J connectivity index is 1.63. The Bertz CT molecular complexity index is 1320. The third kappa shape index (κ3) is 3.83. The molecule has 2 heterocycles. The van der Waals surface area contributed by atoms with Crippen LogP contribution in [0.3, 0.4) is 0 Å². The number of aromatic amines is 1. The fourth-order valence-corrected chi connectivity index (χ4v) is 4.08. The maximum atomic E-state index is 12.4. The van der Waals surface area contributed by atoms with Crippen LogP contribution in [0.25, 0.3) is 16.6 Å². The molecule has 0 aliphatic heterocycles. The number of imidazole rings is 1. The molecule has 0 saturated carbocycles. The molecule has 0 aliphatic rings. The second-order valence-electron chi connectivity index (χ2n) is 6.49. The number of thioether (sulfide) groups is 1. The van der Waals surface area contributed by atoms with Crippen molar-refractivity contribution in [3.63, 3.8) is 0 Å². The standard InChI is InChI=1S/C21H17ClN4O3S/c1-12-15(22)4-3-5-17(12)26-9-8-23-21(26)30-11-18-24-16-10-13(20(28)29-2)6-7-14(16)19(27)25-18/h3-10H,11H2,1-2H3,(H,24,25,27). The number of carbonyl (C=O) groups excluding carboxylic acids is 1. The molecule has 2 aromatic heterocycles. The van der Waals surface area contributed by atoms with E-state index < -0.39 is 5.97 Å². The number of H-pyrrole nitrogens is 1. The first kappa shape index (κ1) is 20.2. The molecule has 4 rings (SSSR count). The Morgan fingerprint density at radius 2 is 2.13 bits per heavy atom. The summed E-state index contributed by atoms with van der Waals surface area (Å²) in [7, 11) is 1.31. The molecule has 0 unspecified atom stereocenters. The van der Waals surface area contributed by atoms with E-state index in [0.29, 0.717) is 33.1 Å². The maximum Gasteiger partial charge on any atom is 0.337 e. The van der Waals surface area contributed by atoms with E-state index in [1.807, 2.05) is 35.9 Å². The molecule has 9 heteroatoms. The number of halogens is 1. The van der Waals surface area contributed by atoms with Gasteiger partial charge in [0.2, 0.25) is 0 Å². The largest absolute Gasteiger partial charge is 0.465 e. The van der Waals surface area contributed by atoms with E-state index in [2.05, 4.69) is 15.0 Å². The quantitative estimate of drug-likeness (QED) is 0.370. The number of carbonyl (C=O) groups is 1. The Morgan fingerprint density at radius 1 is 1.30 bits per heavy atom. The van der Waals surface area contributed by atoms with Gasteiger partial charge in [0.15, 0.2) is 5.16 Å². The van der Waals surface area contributed by atoms with E-state index in [0.717, 1.165) is 16.4 Å². The molecule has 2 aromatic carbocycles. The zero-order chi connectivity index (χ0) is 21.3. The number of nitrogens with one attached hydrogen (secondary N) is 1. The second kappa shape index (κ2) is 8.33. The number of nitrogens with zero attached hydrogens (tertiary/aromatic N) is 3.